The molecule has 4 heteroatoms. The van der Waals surface area contributed by atoms with Crippen LogP contribution in [0.25, 0.3) is 0 Å². The van der Waals surface area contributed by atoms with Crippen LogP contribution < -0.4 is 10.5 Å². The zero-order chi connectivity index (χ0) is 9.84. The molecule has 4 nitrogen and oxygen atoms in total. The van der Waals surface area contributed by atoms with E-state index < -0.39 is 6.10 Å². The molecule has 1 aromatic rings. The van der Waals surface area contributed by atoms with E-state index in [4.69, 9.17) is 10.5 Å². The summed E-state index contributed by atoms with van der Waals surface area (Å²) in [6, 6.07) is 4.79. The molecule has 4 N–H and O–H groups in total. The quantitative estimate of drug-likeness (QED) is 0.633. The number of phenolic OH excluding ortho intramolecular Hbond substituents is 1. The Balaban J connectivity index is 3.12. The fourth-order valence-electron chi connectivity index (χ4n) is 1.15. The van der Waals surface area contributed by atoms with E-state index in [1.54, 1.807) is 12.1 Å². The highest BCUT2D eigenvalue weighted by atomic mass is 16.5. The van der Waals surface area contributed by atoms with Crippen LogP contribution in [0, 0.1) is 0 Å². The number of hydrogen-bond acceptors (Lipinski definition) is 4. The second-order valence-corrected chi connectivity index (χ2v) is 2.65. The molecular weight excluding hydrogens is 170 g/mol. The van der Waals surface area contributed by atoms with E-state index in [1.807, 2.05) is 0 Å². The van der Waals surface area contributed by atoms with Crippen molar-refractivity contribution >= 4 is 0 Å². The van der Waals surface area contributed by atoms with Gasteiger partial charge in [0.1, 0.15) is 0 Å². The molecule has 1 atom stereocenters. The summed E-state index contributed by atoms with van der Waals surface area (Å²) in [5, 5.41) is 18.8. The Morgan fingerprint density at radius 3 is 2.77 bits per heavy atom. The van der Waals surface area contributed by atoms with Crippen molar-refractivity contribution < 1.29 is 14.9 Å². The summed E-state index contributed by atoms with van der Waals surface area (Å²) < 4.78 is 4.93. The number of aromatic hydroxyl groups is 1. The van der Waals surface area contributed by atoms with Crippen LogP contribution in [-0.2, 0) is 0 Å². The van der Waals surface area contributed by atoms with E-state index in [1.165, 1.54) is 13.2 Å². The van der Waals surface area contributed by atoms with Gasteiger partial charge in [-0.1, -0.05) is 12.1 Å². The summed E-state index contributed by atoms with van der Waals surface area (Å²) in [4.78, 5) is 0. The second kappa shape index (κ2) is 4.11. The van der Waals surface area contributed by atoms with Crippen molar-refractivity contribution in [3.8, 4) is 11.5 Å². The van der Waals surface area contributed by atoms with Crippen molar-refractivity contribution in [3.05, 3.63) is 23.8 Å². The Bertz CT molecular complexity index is 288. The number of phenols is 1. The topological polar surface area (TPSA) is 75.7 Å². The molecule has 1 unspecified atom stereocenters. The third-order valence-corrected chi connectivity index (χ3v) is 1.81. The number of nitrogens with two attached hydrogens (primary N) is 1. The van der Waals surface area contributed by atoms with Gasteiger partial charge in [0.2, 0.25) is 0 Å². The Hall–Kier alpha value is -1.26. The van der Waals surface area contributed by atoms with Gasteiger partial charge in [-0.25, -0.2) is 0 Å². The van der Waals surface area contributed by atoms with Crippen molar-refractivity contribution in [1.82, 2.24) is 0 Å². The molecular formula is C9H13NO3. The molecule has 0 amide bonds. The normalized spacial score (nSPS) is 12.5. The maximum Gasteiger partial charge on any atom is 0.166 e. The molecule has 0 aliphatic rings. The Kier molecular flexibility index (Phi) is 3.11. The van der Waals surface area contributed by atoms with Crippen LogP contribution in [0.4, 0.5) is 0 Å². The number of methoxy groups -OCH3 is 1. The van der Waals surface area contributed by atoms with E-state index in [9.17, 15) is 10.2 Å². The molecule has 0 heterocycles. The van der Waals surface area contributed by atoms with Crippen LogP contribution in [0.1, 0.15) is 11.7 Å². The minimum atomic E-state index is -0.804. The number of ether oxygens (including phenoxy) is 1. The first-order chi connectivity index (χ1) is 6.20. The minimum absolute atomic E-state index is 0.00694. The van der Waals surface area contributed by atoms with Crippen LogP contribution in [-0.4, -0.2) is 23.9 Å². The summed E-state index contributed by atoms with van der Waals surface area (Å²) >= 11 is 0. The molecule has 0 aromatic heterocycles. The largest absolute Gasteiger partial charge is 0.504 e. The molecule has 0 radical (unpaired) electrons. The van der Waals surface area contributed by atoms with E-state index in [-0.39, 0.29) is 18.0 Å². The van der Waals surface area contributed by atoms with E-state index in [0.29, 0.717) is 5.56 Å². The number of para-hydroxylation sites is 1. The van der Waals surface area contributed by atoms with E-state index in [2.05, 4.69) is 0 Å². The molecule has 0 spiro atoms. The van der Waals surface area contributed by atoms with Gasteiger partial charge < -0.3 is 20.7 Å². The molecule has 72 valence electrons. The summed E-state index contributed by atoms with van der Waals surface area (Å²) in [5.74, 6) is 0.285. The van der Waals surface area contributed by atoms with Gasteiger partial charge in [0.15, 0.2) is 11.5 Å². The maximum atomic E-state index is 9.45. The van der Waals surface area contributed by atoms with Gasteiger partial charge >= 0.3 is 0 Å². The third kappa shape index (κ3) is 1.91. The minimum Gasteiger partial charge on any atom is -0.504 e. The van der Waals surface area contributed by atoms with Gasteiger partial charge in [0.25, 0.3) is 0 Å². The zero-order valence-corrected chi connectivity index (χ0v) is 7.40. The monoisotopic (exact) mass is 183 g/mol. The highest BCUT2D eigenvalue weighted by molar-refractivity contribution is 5.46. The summed E-state index contributed by atoms with van der Waals surface area (Å²) in [5.41, 5.74) is 5.80. The summed E-state index contributed by atoms with van der Waals surface area (Å²) in [6.45, 7) is 0.0970. The molecule has 0 aliphatic heterocycles. The average Bonchev–Trinajstić information content (AvgIpc) is 2.16. The lowest BCUT2D eigenvalue weighted by atomic mass is 10.1. The summed E-state index contributed by atoms with van der Waals surface area (Å²) in [7, 11) is 1.43. The predicted molar refractivity (Wildman–Crippen MR) is 48.7 cm³/mol. The zero-order valence-electron chi connectivity index (χ0n) is 7.40. The van der Waals surface area contributed by atoms with Crippen molar-refractivity contribution in [3.63, 3.8) is 0 Å². The number of benzene rings is 1. The molecule has 1 rings (SSSR count). The Labute approximate surface area is 76.6 Å². The van der Waals surface area contributed by atoms with Crippen molar-refractivity contribution in [2.45, 2.75) is 6.10 Å². The lowest BCUT2D eigenvalue weighted by molar-refractivity contribution is 0.181. The van der Waals surface area contributed by atoms with Crippen LogP contribution >= 0.6 is 0 Å². The lowest BCUT2D eigenvalue weighted by Crippen LogP contribution is -2.12. The van der Waals surface area contributed by atoms with Gasteiger partial charge in [-0.3, -0.25) is 0 Å². The number of rotatable bonds is 3. The van der Waals surface area contributed by atoms with Gasteiger partial charge in [-0.2, -0.15) is 0 Å². The molecule has 0 aliphatic carbocycles. The molecule has 1 aromatic carbocycles. The van der Waals surface area contributed by atoms with Crippen molar-refractivity contribution in [1.29, 1.82) is 0 Å². The standard InChI is InChI=1S/C9H13NO3/c1-13-9-6(8(12)5-10)3-2-4-7(9)11/h2-4,8,11-12H,5,10H2,1H3. The first kappa shape index (κ1) is 9.83. The summed E-state index contributed by atoms with van der Waals surface area (Å²) in [6.07, 6.45) is -0.804. The van der Waals surface area contributed by atoms with E-state index >= 15 is 0 Å². The fourth-order valence-corrected chi connectivity index (χ4v) is 1.15. The molecule has 0 saturated heterocycles. The molecule has 0 saturated carbocycles. The smallest absolute Gasteiger partial charge is 0.166 e. The van der Waals surface area contributed by atoms with Crippen LogP contribution in [0.5, 0.6) is 11.5 Å². The van der Waals surface area contributed by atoms with Crippen molar-refractivity contribution in [2.75, 3.05) is 13.7 Å². The SMILES string of the molecule is COc1c(O)cccc1C(O)CN. The Morgan fingerprint density at radius 1 is 1.54 bits per heavy atom. The van der Waals surface area contributed by atoms with Crippen LogP contribution in [0.3, 0.4) is 0 Å². The number of aliphatic hydroxyl groups excluding tert-OH is 1. The first-order valence-corrected chi connectivity index (χ1v) is 3.94. The first-order valence-electron chi connectivity index (χ1n) is 3.94. The number of aliphatic hydroxyl groups is 1. The lowest BCUT2D eigenvalue weighted by Gasteiger charge is -2.13. The fraction of sp³-hybridized carbons (Fsp3) is 0.333. The second-order valence-electron chi connectivity index (χ2n) is 2.65. The average molecular weight is 183 g/mol. The number of hydrogen-bond donors (Lipinski definition) is 3. The Morgan fingerprint density at radius 2 is 2.23 bits per heavy atom. The van der Waals surface area contributed by atoms with Crippen LogP contribution in [0.15, 0.2) is 18.2 Å². The maximum absolute atomic E-state index is 9.45. The third-order valence-electron chi connectivity index (χ3n) is 1.81. The van der Waals surface area contributed by atoms with Gasteiger partial charge in [-0.15, -0.1) is 0 Å². The van der Waals surface area contributed by atoms with Gasteiger partial charge in [-0.05, 0) is 6.07 Å². The molecule has 0 bridgehead atoms. The van der Waals surface area contributed by atoms with Crippen LogP contribution in [0.2, 0.25) is 0 Å². The molecule has 0 fully saturated rings. The highest BCUT2D eigenvalue weighted by Crippen LogP contribution is 2.33. The van der Waals surface area contributed by atoms with E-state index in [0.717, 1.165) is 0 Å². The predicted octanol–water partition coefficient (Wildman–Crippen LogP) is 0.393. The van der Waals surface area contributed by atoms with Gasteiger partial charge in [0, 0.05) is 12.1 Å². The molecule has 13 heavy (non-hydrogen) atoms. The van der Waals surface area contributed by atoms with Crippen molar-refractivity contribution in [2.24, 2.45) is 5.73 Å². The van der Waals surface area contributed by atoms with Gasteiger partial charge in [0.05, 0.1) is 13.2 Å². The highest BCUT2D eigenvalue weighted by Gasteiger charge is 2.14.